The molecule has 0 saturated carbocycles. The van der Waals surface area contributed by atoms with E-state index in [0.717, 1.165) is 5.56 Å². The van der Waals surface area contributed by atoms with Gasteiger partial charge in [-0.25, -0.2) is 0 Å². The van der Waals surface area contributed by atoms with Crippen LogP contribution in [0.25, 0.3) is 6.08 Å². The van der Waals surface area contributed by atoms with Crippen LogP contribution < -0.4 is 0 Å². The first-order valence-corrected chi connectivity index (χ1v) is 3.46. The van der Waals surface area contributed by atoms with Crippen molar-refractivity contribution in [3.8, 4) is 6.07 Å². The first kappa shape index (κ1) is 7.56. The zero-order valence-electron chi connectivity index (χ0n) is 6.41. The molecule has 0 aliphatic rings. The van der Waals surface area contributed by atoms with Crippen molar-refractivity contribution < 1.29 is 0 Å². The lowest BCUT2D eigenvalue weighted by Gasteiger charge is -1.95. The highest BCUT2D eigenvalue weighted by molar-refractivity contribution is 5.55. The van der Waals surface area contributed by atoms with Gasteiger partial charge in [0, 0.05) is 6.08 Å². The van der Waals surface area contributed by atoms with E-state index in [1.807, 2.05) is 43.3 Å². The van der Waals surface area contributed by atoms with E-state index in [0.29, 0.717) is 0 Å². The molecule has 1 heteroatoms. The summed E-state index contributed by atoms with van der Waals surface area (Å²) in [5, 5.41) is 8.28. The number of aryl methyl sites for hydroxylation is 1. The van der Waals surface area contributed by atoms with Crippen molar-refractivity contribution >= 4 is 6.08 Å². The fraction of sp³-hybridized carbons (Fsp3) is 0.100. The number of benzene rings is 1. The molecule has 0 fully saturated rings. The number of nitriles is 1. The van der Waals surface area contributed by atoms with E-state index >= 15 is 0 Å². The largest absolute Gasteiger partial charge is 0.193 e. The van der Waals surface area contributed by atoms with Crippen molar-refractivity contribution in [3.63, 3.8) is 0 Å². The fourth-order valence-electron chi connectivity index (χ4n) is 0.901. The van der Waals surface area contributed by atoms with Crippen LogP contribution in [0.4, 0.5) is 0 Å². The summed E-state index contributed by atoms with van der Waals surface area (Å²) in [5.74, 6) is 0. The number of hydrogen-bond donors (Lipinski definition) is 0. The highest BCUT2D eigenvalue weighted by Crippen LogP contribution is 2.07. The summed E-state index contributed by atoms with van der Waals surface area (Å²) in [7, 11) is 0. The van der Waals surface area contributed by atoms with Gasteiger partial charge < -0.3 is 0 Å². The Morgan fingerprint density at radius 3 is 2.73 bits per heavy atom. The van der Waals surface area contributed by atoms with Crippen molar-refractivity contribution in [2.75, 3.05) is 0 Å². The van der Waals surface area contributed by atoms with Gasteiger partial charge in [0.1, 0.15) is 0 Å². The second-order valence-corrected chi connectivity index (χ2v) is 2.32. The molecule has 0 saturated heterocycles. The van der Waals surface area contributed by atoms with Gasteiger partial charge in [0.15, 0.2) is 0 Å². The average molecular weight is 143 g/mol. The molecule has 1 nitrogen and oxygen atoms in total. The van der Waals surface area contributed by atoms with E-state index in [-0.39, 0.29) is 0 Å². The van der Waals surface area contributed by atoms with Crippen LogP contribution in [0.5, 0.6) is 0 Å². The molecular weight excluding hydrogens is 134 g/mol. The first-order chi connectivity index (χ1) is 5.34. The first-order valence-electron chi connectivity index (χ1n) is 3.46. The number of nitrogens with zero attached hydrogens (tertiary/aromatic N) is 1. The third-order valence-corrected chi connectivity index (χ3v) is 1.53. The summed E-state index contributed by atoms with van der Waals surface area (Å²) >= 11 is 0. The van der Waals surface area contributed by atoms with Gasteiger partial charge in [-0.1, -0.05) is 24.3 Å². The van der Waals surface area contributed by atoms with Crippen molar-refractivity contribution in [2.24, 2.45) is 0 Å². The minimum Gasteiger partial charge on any atom is -0.193 e. The number of allylic oxidation sites excluding steroid dienone is 1. The summed E-state index contributed by atoms with van der Waals surface area (Å²) in [6, 6.07) is 9.92. The van der Waals surface area contributed by atoms with E-state index in [4.69, 9.17) is 5.26 Å². The van der Waals surface area contributed by atoms with E-state index < -0.39 is 0 Å². The van der Waals surface area contributed by atoms with Gasteiger partial charge in [-0.05, 0) is 24.1 Å². The molecule has 0 spiro atoms. The molecule has 0 amide bonds. The summed E-state index contributed by atoms with van der Waals surface area (Å²) in [6.45, 7) is 2.02. The lowest BCUT2D eigenvalue weighted by Crippen LogP contribution is -1.76. The Morgan fingerprint density at radius 2 is 2.09 bits per heavy atom. The molecule has 1 rings (SSSR count). The predicted octanol–water partition coefficient (Wildman–Crippen LogP) is 2.53. The molecular formula is C10H9N. The van der Waals surface area contributed by atoms with E-state index in [9.17, 15) is 0 Å². The Hall–Kier alpha value is -1.55. The van der Waals surface area contributed by atoms with Gasteiger partial charge in [0.05, 0.1) is 6.07 Å². The van der Waals surface area contributed by atoms with E-state index in [1.165, 1.54) is 11.6 Å². The smallest absolute Gasteiger partial charge is 0.0912 e. The molecule has 1 aromatic rings. The Labute approximate surface area is 66.6 Å². The molecule has 0 heterocycles. The van der Waals surface area contributed by atoms with Crippen molar-refractivity contribution in [3.05, 3.63) is 41.5 Å². The van der Waals surface area contributed by atoms with Gasteiger partial charge in [-0.3, -0.25) is 0 Å². The van der Waals surface area contributed by atoms with E-state index in [2.05, 4.69) is 0 Å². The maximum Gasteiger partial charge on any atom is 0.0912 e. The molecule has 54 valence electrons. The van der Waals surface area contributed by atoms with Crippen LogP contribution in [0.2, 0.25) is 0 Å². The maximum absolute atomic E-state index is 8.28. The SMILES string of the molecule is Cc1ccccc1C=CC#N. The molecule has 1 aromatic carbocycles. The van der Waals surface area contributed by atoms with E-state index in [1.54, 1.807) is 0 Å². The molecule has 0 bridgehead atoms. The normalized spacial score (nSPS) is 9.82. The molecule has 0 aliphatic carbocycles. The standard InChI is InChI=1S/C10H9N/c1-9-5-2-3-6-10(9)7-4-8-11/h2-7H,1H3. The molecule has 0 aromatic heterocycles. The Balaban J connectivity index is 2.97. The summed E-state index contributed by atoms with van der Waals surface area (Å²) < 4.78 is 0. The van der Waals surface area contributed by atoms with Crippen LogP contribution in [0, 0.1) is 18.3 Å². The Kier molecular flexibility index (Phi) is 2.46. The Morgan fingerprint density at radius 1 is 1.36 bits per heavy atom. The van der Waals surface area contributed by atoms with Crippen LogP contribution in [0.3, 0.4) is 0 Å². The van der Waals surface area contributed by atoms with Gasteiger partial charge in [-0.15, -0.1) is 0 Å². The van der Waals surface area contributed by atoms with Gasteiger partial charge in [0.2, 0.25) is 0 Å². The highest BCUT2D eigenvalue weighted by atomic mass is 14.2. The second-order valence-electron chi connectivity index (χ2n) is 2.32. The van der Waals surface area contributed by atoms with Crippen LogP contribution in [-0.2, 0) is 0 Å². The molecule has 0 radical (unpaired) electrons. The fourth-order valence-corrected chi connectivity index (χ4v) is 0.901. The third-order valence-electron chi connectivity index (χ3n) is 1.53. The minimum absolute atomic E-state index is 1.11. The van der Waals surface area contributed by atoms with Crippen LogP contribution >= 0.6 is 0 Å². The summed E-state index contributed by atoms with van der Waals surface area (Å²) in [4.78, 5) is 0. The van der Waals surface area contributed by atoms with Crippen molar-refractivity contribution in [1.82, 2.24) is 0 Å². The van der Waals surface area contributed by atoms with Gasteiger partial charge in [0.25, 0.3) is 0 Å². The molecule has 0 unspecified atom stereocenters. The quantitative estimate of drug-likeness (QED) is 0.554. The van der Waals surface area contributed by atoms with Gasteiger partial charge in [-0.2, -0.15) is 5.26 Å². The molecule has 0 atom stereocenters. The zero-order valence-corrected chi connectivity index (χ0v) is 6.41. The van der Waals surface area contributed by atoms with Crippen LogP contribution in [0.15, 0.2) is 30.3 Å². The van der Waals surface area contributed by atoms with Crippen molar-refractivity contribution in [1.29, 1.82) is 5.26 Å². The monoisotopic (exact) mass is 143 g/mol. The average Bonchev–Trinajstić information content (AvgIpc) is 2.03. The lowest BCUT2D eigenvalue weighted by molar-refractivity contribution is 1.44. The highest BCUT2D eigenvalue weighted by Gasteiger charge is 1.88. The topological polar surface area (TPSA) is 23.8 Å². The Bertz CT molecular complexity index is 305. The second kappa shape index (κ2) is 3.58. The van der Waals surface area contributed by atoms with Crippen molar-refractivity contribution in [2.45, 2.75) is 6.92 Å². The lowest BCUT2D eigenvalue weighted by atomic mass is 10.1. The van der Waals surface area contributed by atoms with Crippen LogP contribution in [0.1, 0.15) is 11.1 Å². The van der Waals surface area contributed by atoms with Gasteiger partial charge >= 0.3 is 0 Å². The molecule has 0 N–H and O–H groups in total. The maximum atomic E-state index is 8.28. The molecule has 0 aliphatic heterocycles. The molecule has 11 heavy (non-hydrogen) atoms. The third kappa shape index (κ3) is 1.94. The number of hydrogen-bond acceptors (Lipinski definition) is 1. The zero-order chi connectivity index (χ0) is 8.10. The summed E-state index contributed by atoms with van der Waals surface area (Å²) in [5.41, 5.74) is 2.30. The van der Waals surface area contributed by atoms with Crippen LogP contribution in [-0.4, -0.2) is 0 Å². The number of rotatable bonds is 1. The summed E-state index contributed by atoms with van der Waals surface area (Å²) in [6.07, 6.45) is 3.30. The predicted molar refractivity (Wildman–Crippen MR) is 45.8 cm³/mol. The minimum atomic E-state index is 1.11.